The van der Waals surface area contributed by atoms with Gasteiger partial charge in [0.15, 0.2) is 0 Å². The van der Waals surface area contributed by atoms with E-state index in [9.17, 15) is 0 Å². The predicted molar refractivity (Wildman–Crippen MR) is 97.8 cm³/mol. The first-order valence-corrected chi connectivity index (χ1v) is 9.98. The van der Waals surface area contributed by atoms with E-state index in [-0.39, 0.29) is 0 Å². The van der Waals surface area contributed by atoms with Crippen molar-refractivity contribution in [3.63, 3.8) is 0 Å². The van der Waals surface area contributed by atoms with E-state index < -0.39 is 11.4 Å². The standard InChI is InChI=1S/C20H30O3S/c1-18(2,3)16-10-12-20(13-11-16)21-14-19(4,22-23-20)15-24-17-8-6-5-7-9-17/h5-9,16H,10-15H2,1-4H3. The van der Waals surface area contributed by atoms with Gasteiger partial charge in [0.2, 0.25) is 5.79 Å². The molecule has 1 atom stereocenters. The molecule has 0 bridgehead atoms. The molecule has 1 spiro atoms. The Morgan fingerprint density at radius 2 is 1.75 bits per heavy atom. The van der Waals surface area contributed by atoms with Crippen molar-refractivity contribution in [2.45, 2.75) is 69.7 Å². The molecule has 134 valence electrons. The fraction of sp³-hybridized carbons (Fsp3) is 0.700. The first kappa shape index (κ1) is 18.2. The van der Waals surface area contributed by atoms with Gasteiger partial charge in [-0.2, -0.15) is 0 Å². The van der Waals surface area contributed by atoms with Gasteiger partial charge in [-0.1, -0.05) is 39.0 Å². The number of ether oxygens (including phenoxy) is 1. The van der Waals surface area contributed by atoms with Crippen molar-refractivity contribution in [3.05, 3.63) is 30.3 Å². The Balaban J connectivity index is 1.50. The van der Waals surface area contributed by atoms with E-state index in [0.29, 0.717) is 12.0 Å². The van der Waals surface area contributed by atoms with Gasteiger partial charge < -0.3 is 4.74 Å². The highest BCUT2D eigenvalue weighted by Gasteiger charge is 2.47. The fourth-order valence-corrected chi connectivity index (χ4v) is 4.43. The minimum absolute atomic E-state index is 0.359. The summed E-state index contributed by atoms with van der Waals surface area (Å²) in [6.07, 6.45) is 4.14. The lowest BCUT2D eigenvalue weighted by atomic mass is 9.71. The van der Waals surface area contributed by atoms with E-state index >= 15 is 0 Å². The van der Waals surface area contributed by atoms with Crippen LogP contribution in [0, 0.1) is 11.3 Å². The van der Waals surface area contributed by atoms with Crippen LogP contribution in [-0.2, 0) is 14.5 Å². The van der Waals surface area contributed by atoms with Crippen molar-refractivity contribution in [1.82, 2.24) is 0 Å². The molecule has 1 aromatic carbocycles. The highest BCUT2D eigenvalue weighted by molar-refractivity contribution is 7.99. The van der Waals surface area contributed by atoms with Crippen LogP contribution in [0.2, 0.25) is 0 Å². The van der Waals surface area contributed by atoms with Gasteiger partial charge in [0.05, 0.1) is 6.61 Å². The molecule has 0 N–H and O–H groups in total. The normalized spacial score (nSPS) is 34.4. The zero-order valence-corrected chi connectivity index (χ0v) is 16.2. The molecule has 3 nitrogen and oxygen atoms in total. The maximum atomic E-state index is 6.21. The predicted octanol–water partition coefficient (Wildman–Crippen LogP) is 5.45. The van der Waals surface area contributed by atoms with Gasteiger partial charge in [0, 0.05) is 23.5 Å². The Labute approximate surface area is 150 Å². The van der Waals surface area contributed by atoms with Gasteiger partial charge >= 0.3 is 0 Å². The van der Waals surface area contributed by atoms with E-state index in [1.165, 1.54) is 4.90 Å². The molecular weight excluding hydrogens is 320 g/mol. The average molecular weight is 351 g/mol. The largest absolute Gasteiger partial charge is 0.344 e. The molecule has 3 rings (SSSR count). The van der Waals surface area contributed by atoms with E-state index in [2.05, 4.69) is 52.0 Å². The Morgan fingerprint density at radius 1 is 1.08 bits per heavy atom. The summed E-state index contributed by atoms with van der Waals surface area (Å²) in [6.45, 7) is 9.63. The van der Waals surface area contributed by atoms with Gasteiger partial charge in [-0.15, -0.1) is 11.8 Å². The Kier molecular flexibility index (Phi) is 5.31. The quantitative estimate of drug-likeness (QED) is 0.535. The monoisotopic (exact) mass is 350 g/mol. The van der Waals surface area contributed by atoms with Crippen molar-refractivity contribution in [1.29, 1.82) is 0 Å². The summed E-state index contributed by atoms with van der Waals surface area (Å²) in [5.41, 5.74) is -0.0371. The summed E-state index contributed by atoms with van der Waals surface area (Å²) in [7, 11) is 0. The SMILES string of the molecule is CC1(CSc2ccccc2)COC2(CCC(C(C)(C)C)CC2)OO1. The second-order valence-corrected chi connectivity index (χ2v) is 9.61. The first-order chi connectivity index (χ1) is 11.3. The molecule has 1 saturated heterocycles. The van der Waals surface area contributed by atoms with Crippen LogP contribution in [0.4, 0.5) is 0 Å². The molecule has 2 aliphatic rings. The molecule has 0 aromatic heterocycles. The van der Waals surface area contributed by atoms with Crippen LogP contribution in [-0.4, -0.2) is 23.7 Å². The summed E-state index contributed by atoms with van der Waals surface area (Å²) >= 11 is 1.78. The average Bonchev–Trinajstić information content (AvgIpc) is 2.57. The summed E-state index contributed by atoms with van der Waals surface area (Å²) < 4.78 is 6.21. The molecule has 1 aliphatic heterocycles. The summed E-state index contributed by atoms with van der Waals surface area (Å²) in [6, 6.07) is 10.4. The number of hydrogen-bond donors (Lipinski definition) is 0. The smallest absolute Gasteiger partial charge is 0.201 e. The zero-order chi connectivity index (χ0) is 17.3. The van der Waals surface area contributed by atoms with E-state index in [1.54, 1.807) is 11.8 Å². The maximum Gasteiger partial charge on any atom is 0.201 e. The molecule has 24 heavy (non-hydrogen) atoms. The van der Waals surface area contributed by atoms with Crippen molar-refractivity contribution in [2.75, 3.05) is 12.4 Å². The zero-order valence-electron chi connectivity index (χ0n) is 15.3. The Morgan fingerprint density at radius 3 is 2.29 bits per heavy atom. The van der Waals surface area contributed by atoms with Crippen molar-refractivity contribution in [3.8, 4) is 0 Å². The molecule has 1 aromatic rings. The second kappa shape index (κ2) is 6.99. The number of hydrogen-bond acceptors (Lipinski definition) is 4. The fourth-order valence-electron chi connectivity index (χ4n) is 3.48. The molecule has 1 aliphatic carbocycles. The summed E-state index contributed by atoms with van der Waals surface area (Å²) in [5, 5.41) is 0. The van der Waals surface area contributed by atoms with Crippen LogP contribution in [0.15, 0.2) is 35.2 Å². The lowest BCUT2D eigenvalue weighted by Gasteiger charge is -2.47. The van der Waals surface area contributed by atoms with Crippen molar-refractivity contribution >= 4 is 11.8 Å². The van der Waals surface area contributed by atoms with Crippen molar-refractivity contribution in [2.24, 2.45) is 11.3 Å². The summed E-state index contributed by atoms with van der Waals surface area (Å²) in [4.78, 5) is 12.9. The molecule has 0 radical (unpaired) electrons. The lowest BCUT2D eigenvalue weighted by molar-refractivity contribution is -0.511. The van der Waals surface area contributed by atoms with Crippen LogP contribution in [0.5, 0.6) is 0 Å². The van der Waals surface area contributed by atoms with Gasteiger partial charge in [-0.05, 0) is 43.2 Å². The topological polar surface area (TPSA) is 27.7 Å². The van der Waals surface area contributed by atoms with Crippen LogP contribution in [0.25, 0.3) is 0 Å². The Hall–Kier alpha value is -0.550. The number of benzene rings is 1. The molecular formula is C20H30O3S. The molecule has 4 heteroatoms. The first-order valence-electron chi connectivity index (χ1n) is 8.99. The van der Waals surface area contributed by atoms with E-state index in [0.717, 1.165) is 37.4 Å². The highest BCUT2D eigenvalue weighted by Crippen LogP contribution is 2.46. The third kappa shape index (κ3) is 4.34. The second-order valence-electron chi connectivity index (χ2n) is 8.56. The maximum absolute atomic E-state index is 6.21. The Bertz CT molecular complexity index is 520. The number of thioether (sulfide) groups is 1. The van der Waals surface area contributed by atoms with Crippen LogP contribution >= 0.6 is 11.8 Å². The molecule has 1 saturated carbocycles. The van der Waals surface area contributed by atoms with Crippen LogP contribution < -0.4 is 0 Å². The lowest BCUT2D eigenvalue weighted by Crippen LogP contribution is -2.53. The minimum Gasteiger partial charge on any atom is -0.344 e. The molecule has 0 amide bonds. The molecule has 1 unspecified atom stereocenters. The van der Waals surface area contributed by atoms with Crippen LogP contribution in [0.3, 0.4) is 0 Å². The van der Waals surface area contributed by atoms with Gasteiger partial charge in [-0.25, -0.2) is 9.78 Å². The third-order valence-electron chi connectivity index (χ3n) is 5.29. The molecule has 2 fully saturated rings. The van der Waals surface area contributed by atoms with E-state index in [4.69, 9.17) is 14.5 Å². The summed E-state index contributed by atoms with van der Waals surface area (Å²) in [5.74, 6) is 1.04. The van der Waals surface area contributed by atoms with Gasteiger partial charge in [-0.3, -0.25) is 0 Å². The van der Waals surface area contributed by atoms with E-state index in [1.807, 2.05) is 6.07 Å². The number of rotatable bonds is 3. The van der Waals surface area contributed by atoms with Gasteiger partial charge in [0.25, 0.3) is 0 Å². The molecule has 1 heterocycles. The highest BCUT2D eigenvalue weighted by atomic mass is 32.2. The minimum atomic E-state index is -0.515. The van der Waals surface area contributed by atoms with Gasteiger partial charge in [0.1, 0.15) is 5.60 Å². The van der Waals surface area contributed by atoms with Crippen LogP contribution in [0.1, 0.15) is 53.4 Å². The third-order valence-corrected chi connectivity index (χ3v) is 6.66. The van der Waals surface area contributed by atoms with Crippen molar-refractivity contribution < 1.29 is 14.5 Å².